The van der Waals surface area contributed by atoms with Gasteiger partial charge in [-0.2, -0.15) is 0 Å². The molecule has 4 rings (SSSR count). The quantitative estimate of drug-likeness (QED) is 0.883. The van der Waals surface area contributed by atoms with Gasteiger partial charge in [0.05, 0.1) is 11.3 Å². The smallest absolute Gasteiger partial charge is 0.309 e. The molecular formula is C16H18N2O3S. The Hall–Kier alpha value is -1.69. The third kappa shape index (κ3) is 2.35. The van der Waals surface area contributed by atoms with Gasteiger partial charge in [-0.05, 0) is 43.6 Å². The van der Waals surface area contributed by atoms with Crippen molar-refractivity contribution in [2.24, 2.45) is 11.8 Å². The summed E-state index contributed by atoms with van der Waals surface area (Å²) in [5.74, 6) is 0.717. The summed E-state index contributed by atoms with van der Waals surface area (Å²) in [6.07, 6.45) is 5.23. The lowest BCUT2D eigenvalue weighted by atomic mass is 9.97. The zero-order valence-corrected chi connectivity index (χ0v) is 13.3. The van der Waals surface area contributed by atoms with Crippen molar-refractivity contribution in [3.63, 3.8) is 0 Å². The summed E-state index contributed by atoms with van der Waals surface area (Å²) in [4.78, 5) is 33.4. The highest BCUT2D eigenvalue weighted by molar-refractivity contribution is 7.18. The minimum Gasteiger partial charge on any atom is -0.457 e. The fourth-order valence-corrected chi connectivity index (χ4v) is 4.45. The summed E-state index contributed by atoms with van der Waals surface area (Å²) >= 11 is 1.61. The standard InChI is InChI=1S/C16H18N2O3S/c1-8-6-10(8)16(20)21-7-12-17-14(19)13-9-4-2-3-5-11(9)22-15(13)18-12/h8,10H,2-7H2,1H3,(H,17,18,19)/t8-,10-/m0/s1. The number of nitrogens with one attached hydrogen (secondary N) is 1. The number of fused-ring (bicyclic) bond motifs is 3. The normalized spacial score (nSPS) is 23.3. The van der Waals surface area contributed by atoms with Gasteiger partial charge in [0.1, 0.15) is 17.3 Å². The number of hydrogen-bond donors (Lipinski definition) is 1. The second-order valence-electron chi connectivity index (χ2n) is 6.33. The molecular weight excluding hydrogens is 300 g/mol. The van der Waals surface area contributed by atoms with Crippen molar-refractivity contribution in [2.75, 3.05) is 0 Å². The van der Waals surface area contributed by atoms with Crippen LogP contribution in [0.1, 0.15) is 42.5 Å². The summed E-state index contributed by atoms with van der Waals surface area (Å²) in [6.45, 7) is 2.09. The van der Waals surface area contributed by atoms with E-state index in [0.29, 0.717) is 11.7 Å². The van der Waals surface area contributed by atoms with E-state index in [9.17, 15) is 9.59 Å². The van der Waals surface area contributed by atoms with Crippen molar-refractivity contribution < 1.29 is 9.53 Å². The Morgan fingerprint density at radius 3 is 2.95 bits per heavy atom. The molecule has 0 aromatic carbocycles. The maximum atomic E-state index is 12.3. The molecule has 1 N–H and O–H groups in total. The molecule has 0 unspecified atom stereocenters. The maximum absolute atomic E-state index is 12.3. The zero-order valence-electron chi connectivity index (χ0n) is 12.5. The topological polar surface area (TPSA) is 72.0 Å². The molecule has 5 nitrogen and oxygen atoms in total. The monoisotopic (exact) mass is 318 g/mol. The number of aromatic nitrogens is 2. The minimum absolute atomic E-state index is 0.0319. The van der Waals surface area contributed by atoms with Crippen LogP contribution >= 0.6 is 11.3 Å². The molecule has 0 aliphatic heterocycles. The van der Waals surface area contributed by atoms with E-state index in [0.717, 1.165) is 35.9 Å². The lowest BCUT2D eigenvalue weighted by molar-refractivity contribution is -0.147. The van der Waals surface area contributed by atoms with Gasteiger partial charge in [0.25, 0.3) is 5.56 Å². The average molecular weight is 318 g/mol. The summed E-state index contributed by atoms with van der Waals surface area (Å²) in [5.41, 5.74) is 1.07. The van der Waals surface area contributed by atoms with E-state index in [1.165, 1.54) is 16.9 Å². The lowest BCUT2D eigenvalue weighted by Gasteiger charge is -2.09. The molecule has 2 aliphatic carbocycles. The largest absolute Gasteiger partial charge is 0.457 e. The first-order valence-electron chi connectivity index (χ1n) is 7.83. The fraction of sp³-hybridized carbons (Fsp3) is 0.562. The molecule has 0 radical (unpaired) electrons. The highest BCUT2D eigenvalue weighted by Crippen LogP contribution is 2.38. The molecule has 2 atom stereocenters. The number of hydrogen-bond acceptors (Lipinski definition) is 5. The first kappa shape index (κ1) is 13.9. The van der Waals surface area contributed by atoms with Gasteiger partial charge in [0.15, 0.2) is 0 Å². The van der Waals surface area contributed by atoms with Crippen molar-refractivity contribution in [2.45, 2.75) is 45.6 Å². The van der Waals surface area contributed by atoms with Crippen LogP contribution in [0.5, 0.6) is 0 Å². The van der Waals surface area contributed by atoms with Crippen LogP contribution in [-0.4, -0.2) is 15.9 Å². The highest BCUT2D eigenvalue weighted by atomic mass is 32.1. The van der Waals surface area contributed by atoms with E-state index in [1.807, 2.05) is 6.92 Å². The van der Waals surface area contributed by atoms with E-state index in [1.54, 1.807) is 11.3 Å². The second kappa shape index (κ2) is 5.19. The van der Waals surface area contributed by atoms with Crippen LogP contribution in [0.15, 0.2) is 4.79 Å². The summed E-state index contributed by atoms with van der Waals surface area (Å²) in [5, 5.41) is 0.741. The SMILES string of the molecule is C[C@H]1C[C@@H]1C(=O)OCc1nc2sc3c(c2c(=O)[nH]1)CCCC3. The molecule has 6 heteroatoms. The Morgan fingerprint density at radius 1 is 1.41 bits per heavy atom. The molecule has 2 aromatic rings. The molecule has 0 saturated heterocycles. The van der Waals surface area contributed by atoms with E-state index in [-0.39, 0.29) is 24.1 Å². The Morgan fingerprint density at radius 2 is 2.18 bits per heavy atom. The Labute approximate surface area is 131 Å². The summed E-state index contributed by atoms with van der Waals surface area (Å²) in [7, 11) is 0. The Bertz CT molecular complexity index is 808. The molecule has 0 bridgehead atoms. The van der Waals surface area contributed by atoms with Crippen molar-refractivity contribution >= 4 is 27.5 Å². The van der Waals surface area contributed by atoms with E-state index >= 15 is 0 Å². The minimum atomic E-state index is -0.180. The maximum Gasteiger partial charge on any atom is 0.309 e. The average Bonchev–Trinajstić information content (AvgIpc) is 3.10. The van der Waals surface area contributed by atoms with Gasteiger partial charge in [-0.15, -0.1) is 11.3 Å². The first-order chi connectivity index (χ1) is 10.6. The number of carbonyl (C=O) groups excluding carboxylic acids is 1. The van der Waals surface area contributed by atoms with Crippen LogP contribution in [-0.2, 0) is 29.0 Å². The van der Waals surface area contributed by atoms with E-state index in [4.69, 9.17) is 4.74 Å². The number of nitrogens with zero attached hydrogens (tertiary/aromatic N) is 1. The molecule has 0 spiro atoms. The van der Waals surface area contributed by atoms with Crippen molar-refractivity contribution in [3.8, 4) is 0 Å². The molecule has 116 valence electrons. The van der Waals surface area contributed by atoms with Gasteiger partial charge in [-0.1, -0.05) is 6.92 Å². The van der Waals surface area contributed by atoms with E-state index < -0.39 is 0 Å². The molecule has 1 fully saturated rings. The summed E-state index contributed by atoms with van der Waals surface area (Å²) in [6, 6.07) is 0. The Balaban J connectivity index is 1.60. The predicted octanol–water partition coefficient (Wildman–Crippen LogP) is 2.56. The molecule has 2 aromatic heterocycles. The number of esters is 1. The van der Waals surface area contributed by atoms with Gasteiger partial charge in [0.2, 0.25) is 0 Å². The van der Waals surface area contributed by atoms with Crippen LogP contribution in [0.25, 0.3) is 10.2 Å². The van der Waals surface area contributed by atoms with Crippen molar-refractivity contribution in [1.82, 2.24) is 9.97 Å². The van der Waals surface area contributed by atoms with Crippen LogP contribution in [0.4, 0.5) is 0 Å². The third-order valence-corrected chi connectivity index (χ3v) is 5.82. The van der Waals surface area contributed by atoms with Gasteiger partial charge >= 0.3 is 5.97 Å². The molecule has 2 heterocycles. The number of carbonyl (C=O) groups is 1. The van der Waals surface area contributed by atoms with Crippen LogP contribution in [0, 0.1) is 11.8 Å². The number of aryl methyl sites for hydroxylation is 2. The van der Waals surface area contributed by atoms with E-state index in [2.05, 4.69) is 9.97 Å². The first-order valence-corrected chi connectivity index (χ1v) is 8.65. The molecule has 2 aliphatic rings. The van der Waals surface area contributed by atoms with Crippen LogP contribution in [0.3, 0.4) is 0 Å². The zero-order chi connectivity index (χ0) is 15.3. The highest BCUT2D eigenvalue weighted by Gasteiger charge is 2.40. The predicted molar refractivity (Wildman–Crippen MR) is 83.9 cm³/mol. The van der Waals surface area contributed by atoms with Gasteiger partial charge in [-0.25, -0.2) is 4.98 Å². The Kier molecular flexibility index (Phi) is 3.29. The number of aromatic amines is 1. The van der Waals surface area contributed by atoms with Gasteiger partial charge < -0.3 is 9.72 Å². The third-order valence-electron chi connectivity index (χ3n) is 4.64. The number of ether oxygens (including phenoxy) is 1. The molecule has 0 amide bonds. The number of H-pyrrole nitrogens is 1. The van der Waals surface area contributed by atoms with Crippen molar-refractivity contribution in [3.05, 3.63) is 26.6 Å². The molecule has 22 heavy (non-hydrogen) atoms. The fourth-order valence-electron chi connectivity index (χ4n) is 3.17. The number of thiophene rings is 1. The van der Waals surface area contributed by atoms with Crippen LogP contribution in [0.2, 0.25) is 0 Å². The number of rotatable bonds is 3. The van der Waals surface area contributed by atoms with Crippen LogP contribution < -0.4 is 5.56 Å². The second-order valence-corrected chi connectivity index (χ2v) is 7.41. The van der Waals surface area contributed by atoms with Gasteiger partial charge in [-0.3, -0.25) is 9.59 Å². The molecule has 1 saturated carbocycles. The van der Waals surface area contributed by atoms with Gasteiger partial charge in [0, 0.05) is 4.88 Å². The summed E-state index contributed by atoms with van der Waals surface area (Å²) < 4.78 is 5.26. The van der Waals surface area contributed by atoms with Crippen molar-refractivity contribution in [1.29, 1.82) is 0 Å². The lowest BCUT2D eigenvalue weighted by Crippen LogP contribution is -2.15.